The molecule has 2 saturated heterocycles. The van der Waals surface area contributed by atoms with Crippen LogP contribution in [0.1, 0.15) is 51.6 Å². The predicted molar refractivity (Wildman–Crippen MR) is 225 cm³/mol. The summed E-state index contributed by atoms with van der Waals surface area (Å²) < 4.78 is 12.4. The van der Waals surface area contributed by atoms with Gasteiger partial charge in [0.1, 0.15) is 29.9 Å². The lowest BCUT2D eigenvalue weighted by Crippen LogP contribution is -2.54. The van der Waals surface area contributed by atoms with Crippen LogP contribution in [0.25, 0.3) is 0 Å². The first-order valence-corrected chi connectivity index (χ1v) is 19.8. The number of hydrogen-bond acceptors (Lipinski definition) is 8. The van der Waals surface area contributed by atoms with Crippen LogP contribution < -0.4 is 15.4 Å². The molecular formula is C49H46N4O6. The number of fused-ring (bicyclic) bond motifs is 3. The van der Waals surface area contributed by atoms with Gasteiger partial charge in [-0.3, -0.25) is 24.2 Å². The number of aliphatic hydroxyl groups is 1. The molecule has 0 aromatic heterocycles. The van der Waals surface area contributed by atoms with Crippen molar-refractivity contribution in [3.05, 3.63) is 179 Å². The zero-order chi connectivity index (χ0) is 40.9. The zero-order valence-electron chi connectivity index (χ0n) is 32.8. The molecule has 0 radical (unpaired) electrons. The van der Waals surface area contributed by atoms with Crippen LogP contribution in [0.3, 0.4) is 0 Å². The Bertz CT molecular complexity index is 2400. The minimum absolute atomic E-state index is 0.0547. The van der Waals surface area contributed by atoms with Crippen molar-refractivity contribution < 1.29 is 29.0 Å². The second kappa shape index (κ2) is 17.1. The highest BCUT2D eigenvalue weighted by Crippen LogP contribution is 2.65. The number of rotatable bonds is 12. The number of nitrogens with zero attached hydrogens (tertiary/aromatic N) is 2. The van der Waals surface area contributed by atoms with Gasteiger partial charge in [-0.15, -0.1) is 6.58 Å². The van der Waals surface area contributed by atoms with E-state index in [1.807, 2.05) is 127 Å². The van der Waals surface area contributed by atoms with Gasteiger partial charge in [0, 0.05) is 24.3 Å². The molecule has 8 rings (SSSR count). The maximum atomic E-state index is 15.3. The van der Waals surface area contributed by atoms with Gasteiger partial charge in [0.15, 0.2) is 0 Å². The van der Waals surface area contributed by atoms with Crippen molar-refractivity contribution in [1.29, 1.82) is 0 Å². The second-order valence-corrected chi connectivity index (χ2v) is 15.1. The van der Waals surface area contributed by atoms with E-state index in [2.05, 4.69) is 46.1 Å². The lowest BCUT2D eigenvalue weighted by atomic mass is 9.65. The number of ether oxygens (including phenoxy) is 2. The number of esters is 1. The molecule has 3 heterocycles. The van der Waals surface area contributed by atoms with Gasteiger partial charge in [-0.25, -0.2) is 0 Å². The Morgan fingerprint density at radius 2 is 1.61 bits per heavy atom. The molecule has 0 saturated carbocycles. The topological polar surface area (TPSA) is 120 Å². The first-order valence-electron chi connectivity index (χ1n) is 19.8. The SMILES string of the molecule is C=CCNC(=O)[C@H]1[C@@H]2C(=O)O[C@@H](c3ccccc3)[C@@H](c3ccccc3)N2[C@@H](c2cccc(OCCO)c2)[C@]12C(=O)Nc1ccc(C#CCN(C)Cc3ccccc3)cc12. The number of nitrogens with one attached hydrogen (secondary N) is 2. The number of benzene rings is 5. The molecule has 10 heteroatoms. The molecule has 0 bridgehead atoms. The minimum atomic E-state index is -1.67. The quantitative estimate of drug-likeness (QED) is 0.0788. The molecule has 59 heavy (non-hydrogen) atoms. The van der Waals surface area contributed by atoms with Gasteiger partial charge < -0.3 is 25.2 Å². The minimum Gasteiger partial charge on any atom is -0.491 e. The highest BCUT2D eigenvalue weighted by atomic mass is 16.6. The molecule has 3 aliphatic heterocycles. The van der Waals surface area contributed by atoms with Crippen LogP contribution in [0.15, 0.2) is 146 Å². The van der Waals surface area contributed by atoms with Crippen LogP contribution in [0, 0.1) is 17.8 Å². The Balaban J connectivity index is 1.34. The van der Waals surface area contributed by atoms with E-state index in [-0.39, 0.29) is 19.8 Å². The molecule has 2 fully saturated rings. The van der Waals surface area contributed by atoms with Crippen molar-refractivity contribution in [2.75, 3.05) is 38.7 Å². The Labute approximate surface area is 344 Å². The number of carbonyl (C=O) groups excluding carboxylic acids is 3. The highest BCUT2D eigenvalue weighted by Gasteiger charge is 2.74. The van der Waals surface area contributed by atoms with Gasteiger partial charge in [-0.05, 0) is 65.2 Å². The van der Waals surface area contributed by atoms with Gasteiger partial charge in [-0.2, -0.15) is 0 Å². The predicted octanol–water partition coefficient (Wildman–Crippen LogP) is 6.11. The third kappa shape index (κ3) is 7.41. The van der Waals surface area contributed by atoms with Crippen LogP contribution in [-0.4, -0.2) is 72.1 Å². The molecule has 1 spiro atoms. The van der Waals surface area contributed by atoms with Crippen molar-refractivity contribution in [3.63, 3.8) is 0 Å². The molecule has 2 amide bonds. The smallest absolute Gasteiger partial charge is 0.324 e. The normalized spacial score (nSPS) is 23.1. The monoisotopic (exact) mass is 786 g/mol. The molecule has 298 valence electrons. The summed E-state index contributed by atoms with van der Waals surface area (Å²) in [4.78, 5) is 49.3. The van der Waals surface area contributed by atoms with Crippen LogP contribution in [0.4, 0.5) is 5.69 Å². The van der Waals surface area contributed by atoms with Crippen molar-refractivity contribution in [2.45, 2.75) is 36.2 Å². The Hall–Kier alpha value is -6.51. The van der Waals surface area contributed by atoms with Gasteiger partial charge in [0.2, 0.25) is 11.8 Å². The maximum Gasteiger partial charge on any atom is 0.324 e. The average Bonchev–Trinajstić information content (AvgIpc) is 3.74. The Morgan fingerprint density at radius 3 is 2.32 bits per heavy atom. The molecule has 6 atom stereocenters. The van der Waals surface area contributed by atoms with Gasteiger partial charge >= 0.3 is 5.97 Å². The van der Waals surface area contributed by atoms with E-state index in [4.69, 9.17) is 9.47 Å². The molecule has 0 aliphatic carbocycles. The number of hydrogen-bond donors (Lipinski definition) is 3. The largest absolute Gasteiger partial charge is 0.491 e. The van der Waals surface area contributed by atoms with E-state index in [1.165, 1.54) is 5.56 Å². The van der Waals surface area contributed by atoms with E-state index >= 15 is 4.79 Å². The molecule has 5 aromatic rings. The highest BCUT2D eigenvalue weighted by molar-refractivity contribution is 6.12. The van der Waals surface area contributed by atoms with E-state index in [0.717, 1.165) is 17.7 Å². The van der Waals surface area contributed by atoms with Gasteiger partial charge in [-0.1, -0.05) is 121 Å². The Kier molecular flexibility index (Phi) is 11.4. The van der Waals surface area contributed by atoms with Crippen LogP contribution in [0.2, 0.25) is 0 Å². The summed E-state index contributed by atoms with van der Waals surface area (Å²) in [7, 11) is 2.01. The summed E-state index contributed by atoms with van der Waals surface area (Å²) in [5, 5.41) is 15.7. The summed E-state index contributed by atoms with van der Waals surface area (Å²) in [5.41, 5.74) is 3.52. The second-order valence-electron chi connectivity index (χ2n) is 15.1. The average molecular weight is 787 g/mol. The first-order chi connectivity index (χ1) is 28.8. The van der Waals surface area contributed by atoms with Crippen LogP contribution in [-0.2, 0) is 31.1 Å². The lowest BCUT2D eigenvalue weighted by Gasteiger charge is -2.46. The van der Waals surface area contributed by atoms with Crippen molar-refractivity contribution in [3.8, 4) is 17.6 Å². The fraction of sp³-hybridized carbons (Fsp3) is 0.245. The molecule has 3 aliphatic rings. The maximum absolute atomic E-state index is 15.3. The molecule has 10 nitrogen and oxygen atoms in total. The third-order valence-corrected chi connectivity index (χ3v) is 11.4. The fourth-order valence-corrected chi connectivity index (χ4v) is 9.12. The van der Waals surface area contributed by atoms with E-state index in [9.17, 15) is 14.7 Å². The fourth-order valence-electron chi connectivity index (χ4n) is 9.12. The van der Waals surface area contributed by atoms with E-state index < -0.39 is 53.3 Å². The lowest BCUT2D eigenvalue weighted by molar-refractivity contribution is -0.178. The van der Waals surface area contributed by atoms with E-state index in [1.54, 1.807) is 12.1 Å². The van der Waals surface area contributed by atoms with Crippen molar-refractivity contribution in [2.24, 2.45) is 5.92 Å². The van der Waals surface area contributed by atoms with Gasteiger partial charge in [0.05, 0.1) is 31.2 Å². The number of carbonyl (C=O) groups is 3. The molecule has 3 N–H and O–H groups in total. The number of morpholine rings is 1. The summed E-state index contributed by atoms with van der Waals surface area (Å²) >= 11 is 0. The van der Waals surface area contributed by atoms with E-state index in [0.29, 0.717) is 34.7 Å². The number of cyclic esters (lactones) is 1. The molecule has 0 unspecified atom stereocenters. The number of aliphatic hydroxyl groups excluding tert-OH is 1. The molecular weight excluding hydrogens is 741 g/mol. The van der Waals surface area contributed by atoms with Crippen LogP contribution >= 0.6 is 0 Å². The number of amides is 2. The zero-order valence-corrected chi connectivity index (χ0v) is 32.8. The first kappa shape index (κ1) is 39.3. The van der Waals surface area contributed by atoms with Crippen LogP contribution in [0.5, 0.6) is 5.75 Å². The summed E-state index contributed by atoms with van der Waals surface area (Å²) in [6.45, 7) is 5.01. The standard InChI is InChI=1S/C49H46N4O6/c1-3-26-50-46(55)41-43-47(56)59-44(36-20-11-6-12-21-36)42(35-18-9-5-10-19-35)53(43)45(37-22-13-23-38(31-37)58-29-28-54)49(41)39-30-33(24-25-40(39)51-48(49)57)17-14-27-52(2)32-34-15-7-4-8-16-34/h3-13,15-16,18-25,30-31,41-45,54H,1,26-29,32H2,2H3,(H,50,55)(H,51,57)/t41-,42-,43-,44+,45+,49-/m1/s1. The Morgan fingerprint density at radius 1 is 0.915 bits per heavy atom. The van der Waals surface area contributed by atoms with Gasteiger partial charge in [0.25, 0.3) is 0 Å². The van der Waals surface area contributed by atoms with Crippen molar-refractivity contribution in [1.82, 2.24) is 15.1 Å². The summed E-state index contributed by atoms with van der Waals surface area (Å²) in [6.07, 6.45) is 0.777. The summed E-state index contributed by atoms with van der Waals surface area (Å²) in [6, 6.07) is 39.7. The number of anilines is 1. The summed E-state index contributed by atoms with van der Waals surface area (Å²) in [5.74, 6) is 4.31. The molecule has 5 aromatic carbocycles. The third-order valence-electron chi connectivity index (χ3n) is 11.4. The van der Waals surface area contributed by atoms with Crippen molar-refractivity contribution >= 4 is 23.5 Å².